The van der Waals surface area contributed by atoms with Crippen LogP contribution in [0.5, 0.6) is 0 Å². The Morgan fingerprint density at radius 1 is 1.38 bits per heavy atom. The standard InChI is InChI=1S/C8H8F3NO/c1-5-7(8(9,10)11)3-2-6(4-13)12-5/h2-3,13H,4H2,1H3. The first kappa shape index (κ1) is 9.98. The van der Waals surface area contributed by atoms with Crippen molar-refractivity contribution in [2.75, 3.05) is 0 Å². The molecule has 0 amide bonds. The fraction of sp³-hybridized carbons (Fsp3) is 0.375. The van der Waals surface area contributed by atoms with Gasteiger partial charge < -0.3 is 5.11 Å². The van der Waals surface area contributed by atoms with Crippen LogP contribution in [-0.4, -0.2) is 10.1 Å². The summed E-state index contributed by atoms with van der Waals surface area (Å²) in [5.41, 5.74) is -0.630. The Morgan fingerprint density at radius 2 is 2.00 bits per heavy atom. The first-order valence-electron chi connectivity index (χ1n) is 3.59. The Bertz CT molecular complexity index is 309. The lowest BCUT2D eigenvalue weighted by Crippen LogP contribution is -2.09. The van der Waals surface area contributed by atoms with E-state index in [0.717, 1.165) is 12.1 Å². The second-order valence-electron chi connectivity index (χ2n) is 2.59. The van der Waals surface area contributed by atoms with Crippen molar-refractivity contribution in [1.82, 2.24) is 4.98 Å². The average molecular weight is 191 g/mol. The SMILES string of the molecule is Cc1nc(CO)ccc1C(F)(F)F. The highest BCUT2D eigenvalue weighted by Crippen LogP contribution is 2.30. The summed E-state index contributed by atoms with van der Waals surface area (Å²) in [5.74, 6) is 0. The number of hydrogen-bond donors (Lipinski definition) is 1. The summed E-state index contributed by atoms with van der Waals surface area (Å²) in [4.78, 5) is 3.59. The van der Waals surface area contributed by atoms with Gasteiger partial charge in [0.15, 0.2) is 0 Å². The van der Waals surface area contributed by atoms with Crippen LogP contribution >= 0.6 is 0 Å². The largest absolute Gasteiger partial charge is 0.418 e. The molecular formula is C8H8F3NO. The van der Waals surface area contributed by atoms with Gasteiger partial charge in [-0.05, 0) is 19.1 Å². The van der Waals surface area contributed by atoms with Crippen molar-refractivity contribution in [3.05, 3.63) is 29.1 Å². The molecule has 0 aliphatic carbocycles. The smallest absolute Gasteiger partial charge is 0.390 e. The highest BCUT2D eigenvalue weighted by atomic mass is 19.4. The van der Waals surface area contributed by atoms with Gasteiger partial charge in [0.25, 0.3) is 0 Å². The quantitative estimate of drug-likeness (QED) is 0.735. The van der Waals surface area contributed by atoms with E-state index in [0.29, 0.717) is 0 Å². The van der Waals surface area contributed by atoms with E-state index >= 15 is 0 Å². The molecule has 0 aliphatic heterocycles. The number of nitrogens with zero attached hydrogens (tertiary/aromatic N) is 1. The third kappa shape index (κ3) is 2.18. The van der Waals surface area contributed by atoms with E-state index in [1.807, 2.05) is 0 Å². The molecule has 0 unspecified atom stereocenters. The minimum Gasteiger partial charge on any atom is -0.390 e. The van der Waals surface area contributed by atoms with Crippen LogP contribution in [0.25, 0.3) is 0 Å². The summed E-state index contributed by atoms with van der Waals surface area (Å²) in [6, 6.07) is 2.09. The molecule has 2 nitrogen and oxygen atoms in total. The molecule has 1 N–H and O–H groups in total. The maximum absolute atomic E-state index is 12.2. The molecule has 1 aromatic heterocycles. The third-order valence-electron chi connectivity index (χ3n) is 1.61. The summed E-state index contributed by atoms with van der Waals surface area (Å²) in [7, 11) is 0. The normalized spacial score (nSPS) is 11.8. The first-order valence-corrected chi connectivity index (χ1v) is 3.59. The van der Waals surface area contributed by atoms with Crippen LogP contribution in [-0.2, 0) is 12.8 Å². The predicted octanol–water partition coefficient (Wildman–Crippen LogP) is 1.90. The van der Waals surface area contributed by atoms with Crippen LogP contribution in [0, 0.1) is 6.92 Å². The van der Waals surface area contributed by atoms with Gasteiger partial charge in [0.1, 0.15) is 0 Å². The summed E-state index contributed by atoms with van der Waals surface area (Å²) in [6.45, 7) is 0.918. The zero-order chi connectivity index (χ0) is 10.1. The average Bonchev–Trinajstić information content (AvgIpc) is 2.01. The zero-order valence-electron chi connectivity index (χ0n) is 6.89. The molecule has 0 bridgehead atoms. The topological polar surface area (TPSA) is 33.1 Å². The number of aryl methyl sites for hydroxylation is 1. The first-order chi connectivity index (χ1) is 5.95. The van der Waals surface area contributed by atoms with Crippen molar-refractivity contribution in [2.45, 2.75) is 19.7 Å². The maximum atomic E-state index is 12.2. The Kier molecular flexibility index (Phi) is 2.56. The third-order valence-corrected chi connectivity index (χ3v) is 1.61. The van der Waals surface area contributed by atoms with Crippen LogP contribution in [0.15, 0.2) is 12.1 Å². The fourth-order valence-corrected chi connectivity index (χ4v) is 1.00. The molecule has 0 saturated carbocycles. The predicted molar refractivity (Wildman–Crippen MR) is 39.9 cm³/mol. The second-order valence-corrected chi connectivity index (χ2v) is 2.59. The highest BCUT2D eigenvalue weighted by molar-refractivity contribution is 5.24. The molecule has 0 fully saturated rings. The second kappa shape index (κ2) is 3.33. The molecule has 0 saturated heterocycles. The Labute approximate surface area is 73.0 Å². The molecule has 5 heteroatoms. The van der Waals surface area contributed by atoms with Crippen molar-refractivity contribution < 1.29 is 18.3 Å². The summed E-state index contributed by atoms with van der Waals surface area (Å²) in [6.07, 6.45) is -4.37. The Balaban J connectivity index is 3.13. The highest BCUT2D eigenvalue weighted by Gasteiger charge is 2.32. The number of aliphatic hydroxyl groups is 1. The summed E-state index contributed by atoms with van der Waals surface area (Å²) in [5, 5.41) is 8.61. The molecule has 0 radical (unpaired) electrons. The molecule has 0 atom stereocenters. The maximum Gasteiger partial charge on any atom is 0.418 e. The Hall–Kier alpha value is -1.10. The van der Waals surface area contributed by atoms with Crippen LogP contribution in [0.4, 0.5) is 13.2 Å². The number of alkyl halides is 3. The van der Waals surface area contributed by atoms with Crippen LogP contribution in [0.3, 0.4) is 0 Å². The zero-order valence-corrected chi connectivity index (χ0v) is 6.89. The Morgan fingerprint density at radius 3 is 2.38 bits per heavy atom. The monoisotopic (exact) mass is 191 g/mol. The lowest BCUT2D eigenvalue weighted by Gasteiger charge is -2.09. The van der Waals surface area contributed by atoms with E-state index in [2.05, 4.69) is 4.98 Å². The molecular weight excluding hydrogens is 183 g/mol. The van der Waals surface area contributed by atoms with Crippen LogP contribution in [0.1, 0.15) is 17.0 Å². The van der Waals surface area contributed by atoms with E-state index < -0.39 is 11.7 Å². The number of pyridine rings is 1. The lowest BCUT2D eigenvalue weighted by atomic mass is 10.2. The van der Waals surface area contributed by atoms with Crippen molar-refractivity contribution in [3.8, 4) is 0 Å². The van der Waals surface area contributed by atoms with Crippen molar-refractivity contribution in [3.63, 3.8) is 0 Å². The molecule has 0 aromatic carbocycles. The van der Waals surface area contributed by atoms with Gasteiger partial charge >= 0.3 is 6.18 Å². The van der Waals surface area contributed by atoms with Crippen molar-refractivity contribution in [1.29, 1.82) is 0 Å². The summed E-state index contributed by atoms with van der Waals surface area (Å²) < 4.78 is 36.5. The van der Waals surface area contributed by atoms with Crippen LogP contribution in [0.2, 0.25) is 0 Å². The van der Waals surface area contributed by atoms with Gasteiger partial charge in [0.05, 0.1) is 17.9 Å². The van der Waals surface area contributed by atoms with E-state index in [-0.39, 0.29) is 18.0 Å². The minimum absolute atomic E-state index is 0.112. The minimum atomic E-state index is -4.37. The van der Waals surface area contributed by atoms with Gasteiger partial charge in [-0.25, -0.2) is 0 Å². The number of aliphatic hydroxyl groups excluding tert-OH is 1. The number of halogens is 3. The van der Waals surface area contributed by atoms with Gasteiger partial charge in [-0.15, -0.1) is 0 Å². The molecule has 72 valence electrons. The van der Waals surface area contributed by atoms with E-state index in [4.69, 9.17) is 5.11 Å². The van der Waals surface area contributed by atoms with Gasteiger partial charge in [0, 0.05) is 5.69 Å². The molecule has 0 spiro atoms. The summed E-state index contributed by atoms with van der Waals surface area (Å²) >= 11 is 0. The molecule has 1 aromatic rings. The van der Waals surface area contributed by atoms with Gasteiger partial charge in [-0.1, -0.05) is 0 Å². The number of aromatic nitrogens is 1. The van der Waals surface area contributed by atoms with Gasteiger partial charge in [-0.2, -0.15) is 13.2 Å². The number of rotatable bonds is 1. The van der Waals surface area contributed by atoms with Gasteiger partial charge in [-0.3, -0.25) is 4.98 Å². The molecule has 1 rings (SSSR count). The van der Waals surface area contributed by atoms with Crippen molar-refractivity contribution in [2.24, 2.45) is 0 Å². The van der Waals surface area contributed by atoms with Gasteiger partial charge in [0.2, 0.25) is 0 Å². The molecule has 1 heterocycles. The lowest BCUT2D eigenvalue weighted by molar-refractivity contribution is -0.138. The van der Waals surface area contributed by atoms with E-state index in [9.17, 15) is 13.2 Å². The molecule has 0 aliphatic rings. The number of hydrogen-bond acceptors (Lipinski definition) is 2. The van der Waals surface area contributed by atoms with E-state index in [1.54, 1.807) is 0 Å². The fourth-order valence-electron chi connectivity index (χ4n) is 1.00. The van der Waals surface area contributed by atoms with Crippen LogP contribution < -0.4 is 0 Å². The molecule has 13 heavy (non-hydrogen) atoms. The van der Waals surface area contributed by atoms with E-state index in [1.165, 1.54) is 6.92 Å². The van der Waals surface area contributed by atoms with Crippen molar-refractivity contribution >= 4 is 0 Å².